The van der Waals surface area contributed by atoms with E-state index in [9.17, 15) is 24.0 Å². The number of carboxylic acid groups (broad SMARTS) is 2. The lowest BCUT2D eigenvalue weighted by Gasteiger charge is -2.25. The molecular weight excluding hydrogens is 368 g/mol. The second kappa shape index (κ2) is 11.3. The van der Waals surface area contributed by atoms with E-state index in [0.717, 1.165) is 0 Å². The molecule has 0 spiro atoms. The number of hydrogen-bond donors (Lipinski definition) is 7. The Bertz CT molecular complexity index is 555. The molecule has 12 heteroatoms. The predicted molar refractivity (Wildman–Crippen MR) is 93.4 cm³/mol. The third-order valence-electron chi connectivity index (χ3n) is 3.21. The Kier molecular flexibility index (Phi) is 10.3. The summed E-state index contributed by atoms with van der Waals surface area (Å²) >= 11 is 3.95. The first kappa shape index (κ1) is 23.7. The molecule has 148 valence electrons. The van der Waals surface area contributed by atoms with Crippen molar-refractivity contribution >= 4 is 42.3 Å². The second-order valence-corrected chi connectivity index (χ2v) is 6.16. The quantitative estimate of drug-likeness (QED) is 0.189. The van der Waals surface area contributed by atoms with Gasteiger partial charge >= 0.3 is 11.9 Å². The molecule has 0 fully saturated rings. The number of nitrogens with one attached hydrogen (secondary N) is 3. The van der Waals surface area contributed by atoms with Crippen LogP contribution in [0.2, 0.25) is 0 Å². The Morgan fingerprint density at radius 3 is 1.96 bits per heavy atom. The summed E-state index contributed by atoms with van der Waals surface area (Å²) in [6.07, 6.45) is -0.612. The highest BCUT2D eigenvalue weighted by atomic mass is 32.1. The average molecular weight is 392 g/mol. The summed E-state index contributed by atoms with van der Waals surface area (Å²) in [5.74, 6) is -5.27. The number of carbonyl (C=O) groups excluding carboxylic acids is 3. The lowest BCUT2D eigenvalue weighted by Crippen LogP contribution is -2.58. The van der Waals surface area contributed by atoms with Gasteiger partial charge in [0.2, 0.25) is 17.7 Å². The Hall–Kier alpha value is -2.34. The smallest absolute Gasteiger partial charge is 0.322 e. The zero-order valence-corrected chi connectivity index (χ0v) is 15.3. The minimum Gasteiger partial charge on any atom is -0.481 e. The van der Waals surface area contributed by atoms with Crippen LogP contribution in [0, 0.1) is 5.92 Å². The fourth-order valence-corrected chi connectivity index (χ4v) is 2.07. The number of aliphatic carboxylic acids is 2. The maximum Gasteiger partial charge on any atom is 0.322 e. The van der Waals surface area contributed by atoms with E-state index in [-0.39, 0.29) is 11.7 Å². The van der Waals surface area contributed by atoms with Gasteiger partial charge < -0.3 is 31.9 Å². The van der Waals surface area contributed by atoms with Crippen molar-refractivity contribution < 1.29 is 34.2 Å². The van der Waals surface area contributed by atoms with Crippen molar-refractivity contribution in [1.29, 1.82) is 0 Å². The van der Waals surface area contributed by atoms with Gasteiger partial charge in [-0.15, -0.1) is 0 Å². The van der Waals surface area contributed by atoms with E-state index in [0.29, 0.717) is 0 Å². The topological polar surface area (TPSA) is 188 Å². The van der Waals surface area contributed by atoms with Crippen molar-refractivity contribution in [1.82, 2.24) is 16.0 Å². The second-order valence-electron chi connectivity index (χ2n) is 5.79. The van der Waals surface area contributed by atoms with Gasteiger partial charge in [-0.1, -0.05) is 13.8 Å². The molecule has 0 saturated carbocycles. The van der Waals surface area contributed by atoms with E-state index in [1.807, 2.05) is 0 Å². The van der Waals surface area contributed by atoms with E-state index in [4.69, 9.17) is 15.9 Å². The fourth-order valence-electron chi connectivity index (χ4n) is 1.82. The molecule has 0 radical (unpaired) electrons. The van der Waals surface area contributed by atoms with Gasteiger partial charge in [-0.25, -0.2) is 0 Å². The molecule has 0 saturated heterocycles. The van der Waals surface area contributed by atoms with Crippen LogP contribution >= 0.6 is 12.6 Å². The van der Waals surface area contributed by atoms with Crippen LogP contribution < -0.4 is 21.7 Å². The molecule has 0 bridgehead atoms. The van der Waals surface area contributed by atoms with Gasteiger partial charge in [0.1, 0.15) is 18.6 Å². The Balaban J connectivity index is 4.92. The molecule has 3 amide bonds. The van der Waals surface area contributed by atoms with Crippen molar-refractivity contribution in [3.63, 3.8) is 0 Å². The van der Waals surface area contributed by atoms with Crippen molar-refractivity contribution in [3.05, 3.63) is 0 Å². The zero-order valence-electron chi connectivity index (χ0n) is 14.4. The third kappa shape index (κ3) is 8.67. The standard InChI is InChI=1S/C14H24N4O7S/c1-6(2)11(14(25)16-4-10(21)22)18-13(24)8(5-26)17-12(23)7(15)3-9(19)20/h6-8,11,26H,3-5,15H2,1-2H3,(H,16,25)(H,17,23)(H,18,24)(H,19,20)(H,21,22). The Morgan fingerprint density at radius 1 is 0.962 bits per heavy atom. The normalized spacial score (nSPS) is 14.0. The molecule has 0 aromatic rings. The lowest BCUT2D eigenvalue weighted by atomic mass is 10.0. The van der Waals surface area contributed by atoms with Crippen LogP contribution in [0.4, 0.5) is 0 Å². The van der Waals surface area contributed by atoms with Crippen LogP contribution in [0.25, 0.3) is 0 Å². The van der Waals surface area contributed by atoms with Crippen LogP contribution in [0.1, 0.15) is 20.3 Å². The number of hydrogen-bond acceptors (Lipinski definition) is 7. The largest absolute Gasteiger partial charge is 0.481 e. The van der Waals surface area contributed by atoms with Gasteiger partial charge in [0.05, 0.1) is 12.5 Å². The molecule has 0 heterocycles. The van der Waals surface area contributed by atoms with E-state index in [2.05, 4.69) is 28.6 Å². The highest BCUT2D eigenvalue weighted by Crippen LogP contribution is 2.03. The van der Waals surface area contributed by atoms with E-state index < -0.39 is 60.8 Å². The van der Waals surface area contributed by atoms with Gasteiger partial charge in [-0.05, 0) is 5.92 Å². The molecule has 0 aliphatic rings. The summed E-state index contributed by atoms with van der Waals surface area (Å²) in [6, 6.07) is -3.53. The van der Waals surface area contributed by atoms with Gasteiger partial charge in [0.25, 0.3) is 0 Å². The molecule has 3 atom stereocenters. The molecule has 0 aliphatic heterocycles. The van der Waals surface area contributed by atoms with Crippen molar-refractivity contribution in [2.24, 2.45) is 11.7 Å². The molecule has 0 aromatic carbocycles. The minimum absolute atomic E-state index is 0.126. The predicted octanol–water partition coefficient (Wildman–Crippen LogP) is -2.46. The first-order valence-corrected chi connectivity index (χ1v) is 8.31. The zero-order chi connectivity index (χ0) is 20.4. The molecule has 11 nitrogen and oxygen atoms in total. The molecular formula is C14H24N4O7S. The number of carbonyl (C=O) groups is 5. The van der Waals surface area contributed by atoms with Crippen LogP contribution in [0.5, 0.6) is 0 Å². The molecule has 26 heavy (non-hydrogen) atoms. The maximum absolute atomic E-state index is 12.3. The number of carboxylic acids is 2. The first-order valence-electron chi connectivity index (χ1n) is 7.68. The lowest BCUT2D eigenvalue weighted by molar-refractivity contribution is -0.139. The van der Waals surface area contributed by atoms with Gasteiger partial charge in [-0.2, -0.15) is 12.6 Å². The van der Waals surface area contributed by atoms with Crippen LogP contribution in [0.3, 0.4) is 0 Å². The van der Waals surface area contributed by atoms with E-state index in [1.54, 1.807) is 13.8 Å². The summed E-state index contributed by atoms with van der Waals surface area (Å²) in [6.45, 7) is 2.68. The molecule has 7 N–H and O–H groups in total. The summed E-state index contributed by atoms with van der Waals surface area (Å²) in [5, 5.41) is 24.1. The number of rotatable bonds is 11. The highest BCUT2D eigenvalue weighted by Gasteiger charge is 2.29. The summed E-state index contributed by atoms with van der Waals surface area (Å²) in [7, 11) is 0. The van der Waals surface area contributed by atoms with Gasteiger partial charge in [-0.3, -0.25) is 24.0 Å². The monoisotopic (exact) mass is 392 g/mol. The van der Waals surface area contributed by atoms with Crippen molar-refractivity contribution in [2.75, 3.05) is 12.3 Å². The van der Waals surface area contributed by atoms with Crippen LogP contribution in [-0.4, -0.2) is 70.3 Å². The van der Waals surface area contributed by atoms with Gasteiger partial charge in [0.15, 0.2) is 0 Å². The van der Waals surface area contributed by atoms with Crippen molar-refractivity contribution in [2.45, 2.75) is 38.4 Å². The summed E-state index contributed by atoms with van der Waals surface area (Å²) in [5.41, 5.74) is 5.42. The first-order chi connectivity index (χ1) is 12.0. The van der Waals surface area contributed by atoms with E-state index in [1.165, 1.54) is 0 Å². The minimum atomic E-state index is -1.34. The molecule has 3 unspecified atom stereocenters. The number of nitrogens with two attached hydrogens (primary N) is 1. The highest BCUT2D eigenvalue weighted by molar-refractivity contribution is 7.80. The molecule has 0 aliphatic carbocycles. The van der Waals surface area contributed by atoms with E-state index >= 15 is 0 Å². The average Bonchev–Trinajstić information content (AvgIpc) is 2.53. The summed E-state index contributed by atoms with van der Waals surface area (Å²) in [4.78, 5) is 57.2. The number of amides is 3. The Labute approximate surface area is 155 Å². The fraction of sp³-hybridized carbons (Fsp3) is 0.643. The SMILES string of the molecule is CC(C)C(NC(=O)C(CS)NC(=O)C(N)CC(=O)O)C(=O)NCC(=O)O. The number of thiol groups is 1. The van der Waals surface area contributed by atoms with Crippen molar-refractivity contribution in [3.8, 4) is 0 Å². The Morgan fingerprint density at radius 2 is 1.54 bits per heavy atom. The van der Waals surface area contributed by atoms with Crippen LogP contribution in [0.15, 0.2) is 0 Å². The molecule has 0 aromatic heterocycles. The third-order valence-corrected chi connectivity index (χ3v) is 3.57. The molecule has 0 rings (SSSR count). The van der Waals surface area contributed by atoms with Gasteiger partial charge in [0, 0.05) is 5.75 Å². The maximum atomic E-state index is 12.3. The summed E-state index contributed by atoms with van der Waals surface area (Å²) < 4.78 is 0. The van der Waals surface area contributed by atoms with Crippen LogP contribution in [-0.2, 0) is 24.0 Å².